The normalized spacial score (nSPS) is 13.1. The van der Waals surface area contributed by atoms with E-state index in [9.17, 15) is 9.90 Å². The molecule has 0 fully saturated rings. The molecule has 1 amide bonds. The molecule has 4 nitrogen and oxygen atoms in total. The highest BCUT2D eigenvalue weighted by Gasteiger charge is 2.17. The Kier molecular flexibility index (Phi) is 4.81. The molecule has 0 heterocycles. The third-order valence-corrected chi connectivity index (χ3v) is 2.84. The van der Waals surface area contributed by atoms with Crippen molar-refractivity contribution in [2.75, 3.05) is 12.3 Å². The van der Waals surface area contributed by atoms with Crippen LogP contribution in [0.4, 0.5) is 5.69 Å². The van der Waals surface area contributed by atoms with E-state index in [0.29, 0.717) is 18.2 Å². The summed E-state index contributed by atoms with van der Waals surface area (Å²) in [6, 6.07) is 4.48. The first-order valence-electron chi connectivity index (χ1n) is 6.56. The number of benzene rings is 1. The average Bonchev–Trinajstić information content (AvgIpc) is 2.27. The molecule has 0 spiro atoms. The Bertz CT molecular complexity index is 450. The molecule has 0 aliphatic heterocycles. The number of amides is 1. The summed E-state index contributed by atoms with van der Waals surface area (Å²) >= 11 is 0. The number of aromatic hydroxyl groups is 1. The lowest BCUT2D eigenvalue weighted by Crippen LogP contribution is -2.30. The van der Waals surface area contributed by atoms with Crippen LogP contribution in [-0.4, -0.2) is 17.6 Å². The highest BCUT2D eigenvalue weighted by Crippen LogP contribution is 2.24. The molecular weight excluding hydrogens is 240 g/mol. The van der Waals surface area contributed by atoms with Crippen LogP contribution < -0.4 is 11.1 Å². The first-order valence-corrected chi connectivity index (χ1v) is 6.56. The third kappa shape index (κ3) is 5.20. The van der Waals surface area contributed by atoms with Crippen molar-refractivity contribution < 1.29 is 9.90 Å². The van der Waals surface area contributed by atoms with Crippen LogP contribution in [0.3, 0.4) is 0 Å². The fraction of sp³-hybridized carbons (Fsp3) is 0.533. The second-order valence-corrected chi connectivity index (χ2v) is 6.36. The minimum atomic E-state index is -0.287. The fourth-order valence-electron chi connectivity index (χ4n) is 2.22. The van der Waals surface area contributed by atoms with Crippen LogP contribution in [0.5, 0.6) is 5.75 Å². The number of anilines is 1. The molecule has 0 bridgehead atoms. The topological polar surface area (TPSA) is 75.4 Å². The zero-order chi connectivity index (χ0) is 14.6. The molecule has 0 saturated heterocycles. The summed E-state index contributed by atoms with van der Waals surface area (Å²) in [6.45, 7) is 9.22. The Morgan fingerprint density at radius 3 is 2.63 bits per heavy atom. The average molecular weight is 264 g/mol. The molecule has 0 aliphatic rings. The van der Waals surface area contributed by atoms with Crippen molar-refractivity contribution in [3.63, 3.8) is 0 Å². The van der Waals surface area contributed by atoms with Crippen molar-refractivity contribution >= 4 is 11.6 Å². The smallest absolute Gasteiger partial charge is 0.255 e. The molecule has 0 saturated carbocycles. The molecule has 0 aliphatic carbocycles. The number of nitrogens with two attached hydrogens (primary N) is 1. The maximum atomic E-state index is 12.0. The van der Waals surface area contributed by atoms with E-state index in [1.165, 1.54) is 12.1 Å². The van der Waals surface area contributed by atoms with Crippen LogP contribution in [0.15, 0.2) is 18.2 Å². The van der Waals surface area contributed by atoms with Gasteiger partial charge in [-0.1, -0.05) is 27.7 Å². The van der Waals surface area contributed by atoms with Crippen LogP contribution >= 0.6 is 0 Å². The summed E-state index contributed by atoms with van der Waals surface area (Å²) in [4.78, 5) is 12.0. The standard InChI is InChI=1S/C15H24N2O2/c1-10(8-15(2,3)4)9-17-14(19)12-7-11(16)5-6-13(12)18/h5-7,10,18H,8-9,16H2,1-4H3,(H,17,19). The Labute approximate surface area is 115 Å². The zero-order valence-corrected chi connectivity index (χ0v) is 12.2. The summed E-state index contributed by atoms with van der Waals surface area (Å²) in [7, 11) is 0. The van der Waals surface area contributed by atoms with Gasteiger partial charge in [-0.3, -0.25) is 4.79 Å². The number of phenolic OH excluding ortho intramolecular Hbond substituents is 1. The van der Waals surface area contributed by atoms with Gasteiger partial charge in [0.05, 0.1) is 5.56 Å². The summed E-state index contributed by atoms with van der Waals surface area (Å²) < 4.78 is 0. The summed E-state index contributed by atoms with van der Waals surface area (Å²) in [6.07, 6.45) is 1.02. The Morgan fingerprint density at radius 2 is 2.05 bits per heavy atom. The molecule has 1 unspecified atom stereocenters. The molecule has 19 heavy (non-hydrogen) atoms. The second-order valence-electron chi connectivity index (χ2n) is 6.36. The van der Waals surface area contributed by atoms with Crippen LogP contribution in [-0.2, 0) is 0 Å². The summed E-state index contributed by atoms with van der Waals surface area (Å²) in [5.41, 5.74) is 6.54. The molecular formula is C15H24N2O2. The number of carbonyl (C=O) groups is 1. The minimum Gasteiger partial charge on any atom is -0.507 e. The van der Waals surface area contributed by atoms with E-state index < -0.39 is 0 Å². The van der Waals surface area contributed by atoms with E-state index >= 15 is 0 Å². The van der Waals surface area contributed by atoms with Gasteiger partial charge in [0, 0.05) is 12.2 Å². The third-order valence-electron chi connectivity index (χ3n) is 2.84. The van der Waals surface area contributed by atoms with Crippen LogP contribution in [0.1, 0.15) is 44.5 Å². The Hall–Kier alpha value is -1.71. The number of carbonyl (C=O) groups excluding carboxylic acids is 1. The Balaban J connectivity index is 2.58. The summed E-state index contributed by atoms with van der Waals surface area (Å²) in [5, 5.41) is 12.5. The molecule has 4 heteroatoms. The first kappa shape index (κ1) is 15.3. The van der Waals surface area contributed by atoms with Gasteiger partial charge in [-0.15, -0.1) is 0 Å². The van der Waals surface area contributed by atoms with Gasteiger partial charge in [0.15, 0.2) is 0 Å². The van der Waals surface area contributed by atoms with Gasteiger partial charge in [0.1, 0.15) is 5.75 Å². The highest BCUT2D eigenvalue weighted by molar-refractivity contribution is 5.97. The van der Waals surface area contributed by atoms with Crippen molar-refractivity contribution in [3.8, 4) is 5.75 Å². The quantitative estimate of drug-likeness (QED) is 0.578. The molecule has 1 atom stereocenters. The van der Waals surface area contributed by atoms with Crippen molar-refractivity contribution in [3.05, 3.63) is 23.8 Å². The number of rotatable bonds is 4. The molecule has 1 aromatic carbocycles. The Morgan fingerprint density at radius 1 is 1.42 bits per heavy atom. The molecule has 0 aromatic heterocycles. The predicted molar refractivity (Wildman–Crippen MR) is 78.1 cm³/mol. The fourth-order valence-corrected chi connectivity index (χ4v) is 2.22. The number of hydrogen-bond donors (Lipinski definition) is 3. The van der Waals surface area contributed by atoms with Gasteiger partial charge >= 0.3 is 0 Å². The number of phenols is 1. The highest BCUT2D eigenvalue weighted by atomic mass is 16.3. The second kappa shape index (κ2) is 5.95. The number of nitrogen functional groups attached to an aromatic ring is 1. The van der Waals surface area contributed by atoms with E-state index in [-0.39, 0.29) is 22.6 Å². The SMILES string of the molecule is CC(CNC(=O)c1cc(N)ccc1O)CC(C)(C)C. The largest absolute Gasteiger partial charge is 0.507 e. The van der Waals surface area contributed by atoms with E-state index in [0.717, 1.165) is 6.42 Å². The van der Waals surface area contributed by atoms with Gasteiger partial charge < -0.3 is 16.2 Å². The minimum absolute atomic E-state index is 0.0461. The molecule has 1 aromatic rings. The number of hydrogen-bond acceptors (Lipinski definition) is 3. The van der Waals surface area contributed by atoms with E-state index in [1.807, 2.05) is 0 Å². The number of nitrogens with one attached hydrogen (secondary N) is 1. The van der Waals surface area contributed by atoms with Gasteiger partial charge in [-0.25, -0.2) is 0 Å². The molecule has 106 valence electrons. The zero-order valence-electron chi connectivity index (χ0n) is 12.2. The maximum absolute atomic E-state index is 12.0. The summed E-state index contributed by atoms with van der Waals surface area (Å²) in [5.74, 6) is 0.0490. The monoisotopic (exact) mass is 264 g/mol. The van der Waals surface area contributed by atoms with Crippen molar-refractivity contribution in [1.82, 2.24) is 5.32 Å². The lowest BCUT2D eigenvalue weighted by molar-refractivity contribution is 0.0941. The van der Waals surface area contributed by atoms with Crippen LogP contribution in [0.25, 0.3) is 0 Å². The molecule has 4 N–H and O–H groups in total. The van der Waals surface area contributed by atoms with Gasteiger partial charge in [-0.2, -0.15) is 0 Å². The van der Waals surface area contributed by atoms with Gasteiger partial charge in [-0.05, 0) is 36.0 Å². The van der Waals surface area contributed by atoms with Gasteiger partial charge in [0.2, 0.25) is 0 Å². The first-order chi connectivity index (χ1) is 8.69. The van der Waals surface area contributed by atoms with Crippen LogP contribution in [0, 0.1) is 11.3 Å². The van der Waals surface area contributed by atoms with Crippen molar-refractivity contribution in [2.45, 2.75) is 34.1 Å². The van der Waals surface area contributed by atoms with E-state index in [4.69, 9.17) is 5.73 Å². The van der Waals surface area contributed by atoms with E-state index in [2.05, 4.69) is 33.0 Å². The lowest BCUT2D eigenvalue weighted by atomic mass is 9.85. The molecule has 0 radical (unpaired) electrons. The maximum Gasteiger partial charge on any atom is 0.255 e. The van der Waals surface area contributed by atoms with Crippen LogP contribution in [0.2, 0.25) is 0 Å². The van der Waals surface area contributed by atoms with Crippen molar-refractivity contribution in [1.29, 1.82) is 0 Å². The predicted octanol–water partition coefficient (Wildman–Crippen LogP) is 2.78. The molecule has 1 rings (SSSR count). The van der Waals surface area contributed by atoms with E-state index in [1.54, 1.807) is 6.07 Å². The lowest BCUT2D eigenvalue weighted by Gasteiger charge is -2.23. The van der Waals surface area contributed by atoms with Crippen molar-refractivity contribution in [2.24, 2.45) is 11.3 Å². The van der Waals surface area contributed by atoms with Gasteiger partial charge in [0.25, 0.3) is 5.91 Å².